The van der Waals surface area contributed by atoms with E-state index in [1.54, 1.807) is 0 Å². The molecule has 0 spiro atoms. The van der Waals surface area contributed by atoms with Crippen LogP contribution >= 0.6 is 0 Å². The first-order valence-corrected chi connectivity index (χ1v) is 9.56. The molecule has 2 aromatic carbocycles. The van der Waals surface area contributed by atoms with Gasteiger partial charge in [-0.05, 0) is 56.5 Å². The van der Waals surface area contributed by atoms with Gasteiger partial charge < -0.3 is 19.4 Å². The van der Waals surface area contributed by atoms with Crippen LogP contribution in [-0.2, 0) is 5.41 Å². The van der Waals surface area contributed by atoms with Crippen molar-refractivity contribution in [2.45, 2.75) is 38.2 Å². The topological polar surface area (TPSA) is 79.9 Å². The molecule has 5 nitrogen and oxygen atoms in total. The smallest absolute Gasteiger partial charge is 0.197 e. The lowest BCUT2D eigenvalue weighted by Crippen LogP contribution is -2.29. The number of furan rings is 1. The number of benzene rings is 2. The Kier molecular flexibility index (Phi) is 4.73. The maximum Gasteiger partial charge on any atom is 0.197 e. The molecule has 1 atom stereocenters. The number of ether oxygens (including phenoxy) is 1. The van der Waals surface area contributed by atoms with Crippen molar-refractivity contribution in [3.8, 4) is 5.75 Å². The van der Waals surface area contributed by atoms with E-state index in [1.807, 2.05) is 42.5 Å². The summed E-state index contributed by atoms with van der Waals surface area (Å²) < 4.78 is 11.9. The molecule has 146 valence electrons. The van der Waals surface area contributed by atoms with Crippen molar-refractivity contribution in [3.63, 3.8) is 0 Å². The summed E-state index contributed by atoms with van der Waals surface area (Å²) in [4.78, 5) is 13.2. The van der Waals surface area contributed by atoms with Gasteiger partial charge >= 0.3 is 0 Å². The van der Waals surface area contributed by atoms with E-state index in [9.17, 15) is 9.90 Å². The summed E-state index contributed by atoms with van der Waals surface area (Å²) in [5.74, 6) is 1.35. The van der Waals surface area contributed by atoms with Gasteiger partial charge in [-0.3, -0.25) is 4.79 Å². The summed E-state index contributed by atoms with van der Waals surface area (Å²) in [6.45, 7) is 4.30. The molecule has 0 saturated heterocycles. The third-order valence-corrected chi connectivity index (χ3v) is 5.46. The molecular weight excluding hydrogens is 356 g/mol. The van der Waals surface area contributed by atoms with Gasteiger partial charge in [0.1, 0.15) is 17.1 Å². The highest BCUT2D eigenvalue weighted by Crippen LogP contribution is 2.46. The first-order chi connectivity index (χ1) is 13.4. The quantitative estimate of drug-likeness (QED) is 0.636. The number of hydrogen-bond acceptors (Lipinski definition) is 5. The van der Waals surface area contributed by atoms with Crippen LogP contribution in [0.25, 0.3) is 11.0 Å². The Morgan fingerprint density at radius 2 is 1.96 bits per heavy atom. The second kappa shape index (κ2) is 7.08. The standard InChI is InChI=1S/C23H24O5/c1-23(2)18-12-15(27-11-5-6-14(25)13-24)9-10-16(18)21(26)20-17-7-3-4-8-19(17)28-22(20)23/h3-4,7-10,12,14,24-25H,5-6,11,13H2,1-2H3/t14-/m0/s1. The van der Waals surface area contributed by atoms with E-state index < -0.39 is 11.5 Å². The van der Waals surface area contributed by atoms with Crippen LogP contribution in [0.5, 0.6) is 5.75 Å². The first kappa shape index (κ1) is 18.7. The Hall–Kier alpha value is -2.63. The van der Waals surface area contributed by atoms with Gasteiger partial charge in [0.2, 0.25) is 0 Å². The van der Waals surface area contributed by atoms with Gasteiger partial charge in [-0.2, -0.15) is 0 Å². The molecule has 0 radical (unpaired) electrons. The van der Waals surface area contributed by atoms with E-state index in [0.717, 1.165) is 16.5 Å². The van der Waals surface area contributed by atoms with Crippen LogP contribution in [-0.4, -0.2) is 35.3 Å². The van der Waals surface area contributed by atoms with E-state index in [4.69, 9.17) is 14.3 Å². The molecule has 0 bridgehead atoms. The average molecular weight is 380 g/mol. The van der Waals surface area contributed by atoms with Gasteiger partial charge in [-0.15, -0.1) is 0 Å². The largest absolute Gasteiger partial charge is 0.494 e. The first-order valence-electron chi connectivity index (χ1n) is 9.56. The average Bonchev–Trinajstić information content (AvgIpc) is 3.10. The molecule has 0 amide bonds. The molecule has 1 heterocycles. The number of carbonyl (C=O) groups excluding carboxylic acids is 1. The molecular formula is C23H24O5. The zero-order valence-corrected chi connectivity index (χ0v) is 16.1. The summed E-state index contributed by atoms with van der Waals surface area (Å²) in [6, 6.07) is 13.2. The number of hydrogen-bond donors (Lipinski definition) is 2. The van der Waals surface area contributed by atoms with E-state index in [2.05, 4.69) is 13.8 Å². The van der Waals surface area contributed by atoms with Crippen molar-refractivity contribution in [1.82, 2.24) is 0 Å². The van der Waals surface area contributed by atoms with E-state index in [1.165, 1.54) is 0 Å². The van der Waals surface area contributed by atoms with Crippen molar-refractivity contribution in [3.05, 3.63) is 64.9 Å². The van der Waals surface area contributed by atoms with Crippen molar-refractivity contribution in [2.75, 3.05) is 13.2 Å². The normalized spacial score (nSPS) is 15.9. The third-order valence-electron chi connectivity index (χ3n) is 5.46. The molecule has 4 rings (SSSR count). The predicted octanol–water partition coefficient (Wildman–Crippen LogP) is 3.82. The van der Waals surface area contributed by atoms with Crippen LogP contribution in [0.1, 0.15) is 53.9 Å². The van der Waals surface area contributed by atoms with E-state index in [-0.39, 0.29) is 12.4 Å². The second-order valence-electron chi connectivity index (χ2n) is 7.79. The number of aliphatic hydroxyl groups is 2. The van der Waals surface area contributed by atoms with Gasteiger partial charge in [0.05, 0.1) is 24.9 Å². The minimum Gasteiger partial charge on any atom is -0.494 e. The monoisotopic (exact) mass is 380 g/mol. The second-order valence-corrected chi connectivity index (χ2v) is 7.79. The third kappa shape index (κ3) is 3.01. The Morgan fingerprint density at radius 1 is 1.18 bits per heavy atom. The lowest BCUT2D eigenvalue weighted by atomic mass is 9.72. The van der Waals surface area contributed by atoms with Crippen molar-refractivity contribution in [1.29, 1.82) is 0 Å². The molecule has 1 aliphatic carbocycles. The Morgan fingerprint density at radius 3 is 2.75 bits per heavy atom. The molecule has 3 aromatic rings. The molecule has 2 N–H and O–H groups in total. The summed E-state index contributed by atoms with van der Waals surface area (Å²) >= 11 is 0. The Balaban J connectivity index is 1.65. The minimum absolute atomic E-state index is 0.0214. The molecule has 0 unspecified atom stereocenters. The summed E-state index contributed by atoms with van der Waals surface area (Å²) in [5, 5.41) is 19.1. The van der Waals surface area contributed by atoms with E-state index in [0.29, 0.717) is 42.1 Å². The lowest BCUT2D eigenvalue weighted by molar-refractivity contribution is 0.0827. The number of carbonyl (C=O) groups is 1. The van der Waals surface area contributed by atoms with Gasteiger partial charge in [0.25, 0.3) is 0 Å². The highest BCUT2D eigenvalue weighted by molar-refractivity contribution is 6.19. The van der Waals surface area contributed by atoms with Crippen molar-refractivity contribution < 1.29 is 24.2 Å². The lowest BCUT2D eigenvalue weighted by Gasteiger charge is -2.30. The van der Waals surface area contributed by atoms with Gasteiger partial charge in [0, 0.05) is 16.4 Å². The number of ketones is 1. The summed E-state index contributed by atoms with van der Waals surface area (Å²) in [7, 11) is 0. The fourth-order valence-corrected chi connectivity index (χ4v) is 3.90. The molecule has 1 aliphatic rings. The molecule has 5 heteroatoms. The van der Waals surface area contributed by atoms with Crippen LogP contribution in [0.3, 0.4) is 0 Å². The fraction of sp³-hybridized carbons (Fsp3) is 0.348. The molecule has 0 fully saturated rings. The van der Waals surface area contributed by atoms with Crippen molar-refractivity contribution >= 4 is 16.8 Å². The van der Waals surface area contributed by atoms with Crippen LogP contribution < -0.4 is 4.74 Å². The number of rotatable bonds is 6. The zero-order chi connectivity index (χ0) is 19.9. The SMILES string of the molecule is CC1(C)c2cc(OCCC[C@H](O)CO)ccc2C(=O)c2c1oc1ccccc21. The molecule has 0 saturated carbocycles. The van der Waals surface area contributed by atoms with Crippen LogP contribution in [0.2, 0.25) is 0 Å². The van der Waals surface area contributed by atoms with Gasteiger partial charge in [-0.25, -0.2) is 0 Å². The summed E-state index contributed by atoms with van der Waals surface area (Å²) in [5.41, 5.74) is 2.47. The van der Waals surface area contributed by atoms with Crippen LogP contribution in [0.4, 0.5) is 0 Å². The minimum atomic E-state index is -0.713. The van der Waals surface area contributed by atoms with Gasteiger partial charge in [-0.1, -0.05) is 18.2 Å². The fourth-order valence-electron chi connectivity index (χ4n) is 3.90. The number of fused-ring (bicyclic) bond motifs is 4. The number of para-hydroxylation sites is 1. The molecule has 0 aliphatic heterocycles. The molecule has 28 heavy (non-hydrogen) atoms. The Labute approximate surface area is 163 Å². The summed E-state index contributed by atoms with van der Waals surface area (Å²) in [6.07, 6.45) is 0.401. The maximum absolute atomic E-state index is 13.2. The van der Waals surface area contributed by atoms with Crippen LogP contribution in [0, 0.1) is 0 Å². The maximum atomic E-state index is 13.2. The highest BCUT2D eigenvalue weighted by Gasteiger charge is 2.41. The van der Waals surface area contributed by atoms with Gasteiger partial charge in [0.15, 0.2) is 5.78 Å². The highest BCUT2D eigenvalue weighted by atomic mass is 16.5. The van der Waals surface area contributed by atoms with Crippen molar-refractivity contribution in [2.24, 2.45) is 0 Å². The molecule has 1 aromatic heterocycles. The number of aliphatic hydroxyl groups excluding tert-OH is 2. The zero-order valence-electron chi connectivity index (χ0n) is 16.1. The van der Waals surface area contributed by atoms with E-state index >= 15 is 0 Å². The van der Waals surface area contributed by atoms with Crippen LogP contribution in [0.15, 0.2) is 46.9 Å². The Bertz CT molecular complexity index is 1030. The predicted molar refractivity (Wildman–Crippen MR) is 106 cm³/mol.